The quantitative estimate of drug-likeness (QED) is 0.462. The zero-order valence-electron chi connectivity index (χ0n) is 23.0. The van der Waals surface area contributed by atoms with Gasteiger partial charge in [-0.05, 0) is 62.7 Å². The second kappa shape index (κ2) is 13.0. The lowest BCUT2D eigenvalue weighted by atomic mass is 10.0. The lowest BCUT2D eigenvalue weighted by molar-refractivity contribution is -0.158. The van der Waals surface area contributed by atoms with Gasteiger partial charge in [0.05, 0.1) is 4.90 Å². The van der Waals surface area contributed by atoms with E-state index >= 15 is 0 Å². The average Bonchev–Trinajstić information content (AvgIpc) is 2.88. The Bertz CT molecular complexity index is 1310. The first-order valence-electron chi connectivity index (χ1n) is 12.5. The van der Waals surface area contributed by atoms with Crippen LogP contribution in [0.2, 0.25) is 0 Å². The Morgan fingerprint density at radius 2 is 1.73 bits per heavy atom. The van der Waals surface area contributed by atoms with Crippen LogP contribution < -0.4 is 10.1 Å². The summed E-state index contributed by atoms with van der Waals surface area (Å²) in [6.45, 7) is 5.18. The highest BCUT2D eigenvalue weighted by Crippen LogP contribution is 2.26. The molecule has 3 rings (SSSR count). The Hall–Kier alpha value is -3.16. The van der Waals surface area contributed by atoms with E-state index in [1.165, 1.54) is 16.7 Å². The standard InChI is InChI=1S/C27H34FN3O7S2/c1-27(2,3)38-25(33)22(16-18-6-10-20(11-7-18)37-26(34)30(4)5)29-24(32)23-17-39-15-14-31(23)40(35,36)21-12-8-19(28)9-13-21/h6-13,22-23H,14-17H2,1-5H3,(H,29,32)/t22-,23-/m0/s1. The number of benzene rings is 2. The summed E-state index contributed by atoms with van der Waals surface area (Å²) >= 11 is 1.42. The van der Waals surface area contributed by atoms with Crippen molar-refractivity contribution < 1.29 is 36.7 Å². The highest BCUT2D eigenvalue weighted by molar-refractivity contribution is 7.99. The van der Waals surface area contributed by atoms with E-state index in [1.54, 1.807) is 59.1 Å². The Balaban J connectivity index is 1.82. The van der Waals surface area contributed by atoms with E-state index in [0.29, 0.717) is 17.1 Å². The Kier molecular flexibility index (Phi) is 10.2. The molecule has 40 heavy (non-hydrogen) atoms. The van der Waals surface area contributed by atoms with Gasteiger partial charge in [-0.25, -0.2) is 22.4 Å². The number of nitrogens with zero attached hydrogens (tertiary/aromatic N) is 2. The van der Waals surface area contributed by atoms with E-state index in [0.717, 1.165) is 28.6 Å². The molecule has 0 saturated carbocycles. The largest absolute Gasteiger partial charge is 0.458 e. The van der Waals surface area contributed by atoms with Crippen molar-refractivity contribution in [1.29, 1.82) is 0 Å². The van der Waals surface area contributed by atoms with Gasteiger partial charge in [-0.2, -0.15) is 16.1 Å². The number of sulfonamides is 1. The van der Waals surface area contributed by atoms with E-state index in [4.69, 9.17) is 9.47 Å². The normalized spacial score (nSPS) is 17.0. The number of thioether (sulfide) groups is 1. The van der Waals surface area contributed by atoms with Gasteiger partial charge < -0.3 is 19.7 Å². The third kappa shape index (κ3) is 8.42. The first-order chi connectivity index (χ1) is 18.7. The number of ether oxygens (including phenoxy) is 2. The van der Waals surface area contributed by atoms with Crippen molar-refractivity contribution in [2.45, 2.75) is 49.8 Å². The predicted molar refractivity (Wildman–Crippen MR) is 149 cm³/mol. The van der Waals surface area contributed by atoms with Crippen molar-refractivity contribution in [2.24, 2.45) is 0 Å². The highest BCUT2D eigenvalue weighted by atomic mass is 32.2. The maximum absolute atomic E-state index is 13.5. The number of carbonyl (C=O) groups excluding carboxylic acids is 3. The Morgan fingerprint density at radius 1 is 1.10 bits per heavy atom. The minimum absolute atomic E-state index is 0.0487. The summed E-state index contributed by atoms with van der Waals surface area (Å²) in [5.74, 6) is -0.942. The molecule has 2 amide bonds. The van der Waals surface area contributed by atoms with Crippen LogP contribution in [0.4, 0.5) is 9.18 Å². The highest BCUT2D eigenvalue weighted by Gasteiger charge is 2.39. The molecule has 1 saturated heterocycles. The Morgan fingerprint density at radius 3 is 2.30 bits per heavy atom. The fourth-order valence-electron chi connectivity index (χ4n) is 3.78. The van der Waals surface area contributed by atoms with Crippen LogP contribution >= 0.6 is 11.8 Å². The number of rotatable bonds is 8. The predicted octanol–water partition coefficient (Wildman–Crippen LogP) is 3.06. The molecule has 0 aromatic heterocycles. The van der Waals surface area contributed by atoms with Crippen LogP contribution in [0.1, 0.15) is 26.3 Å². The molecular weight excluding hydrogens is 561 g/mol. The molecule has 1 aliphatic rings. The van der Waals surface area contributed by atoms with E-state index in [9.17, 15) is 27.2 Å². The number of halogens is 1. The van der Waals surface area contributed by atoms with Crippen LogP contribution in [0.5, 0.6) is 5.75 Å². The van der Waals surface area contributed by atoms with Crippen LogP contribution in [-0.2, 0) is 30.8 Å². The topological polar surface area (TPSA) is 122 Å². The number of nitrogens with one attached hydrogen (secondary N) is 1. The maximum atomic E-state index is 13.5. The lowest BCUT2D eigenvalue weighted by Gasteiger charge is -2.34. The van der Waals surface area contributed by atoms with Crippen molar-refractivity contribution in [2.75, 3.05) is 32.1 Å². The number of amides is 2. The van der Waals surface area contributed by atoms with Gasteiger partial charge in [0.2, 0.25) is 15.9 Å². The van der Waals surface area contributed by atoms with Crippen molar-refractivity contribution in [1.82, 2.24) is 14.5 Å². The molecule has 1 aliphatic heterocycles. The van der Waals surface area contributed by atoms with Crippen LogP contribution in [0.25, 0.3) is 0 Å². The molecule has 1 N–H and O–H groups in total. The summed E-state index contributed by atoms with van der Waals surface area (Å²) in [5, 5.41) is 2.70. The van der Waals surface area contributed by atoms with E-state index in [2.05, 4.69) is 5.32 Å². The molecule has 1 fully saturated rings. The van der Waals surface area contributed by atoms with Crippen LogP contribution in [-0.4, -0.2) is 85.4 Å². The van der Waals surface area contributed by atoms with Gasteiger partial charge in [0.1, 0.15) is 29.3 Å². The fourth-order valence-corrected chi connectivity index (χ4v) is 6.62. The zero-order valence-corrected chi connectivity index (χ0v) is 24.7. The summed E-state index contributed by atoms with van der Waals surface area (Å²) in [4.78, 5) is 39.6. The van der Waals surface area contributed by atoms with Crippen molar-refractivity contribution in [3.8, 4) is 5.75 Å². The minimum atomic E-state index is -4.11. The molecule has 0 spiro atoms. The number of hydrogen-bond donors (Lipinski definition) is 1. The third-order valence-electron chi connectivity index (χ3n) is 5.74. The van der Waals surface area contributed by atoms with Crippen LogP contribution in [0, 0.1) is 5.82 Å². The molecule has 2 aromatic carbocycles. The zero-order chi connectivity index (χ0) is 29.7. The van der Waals surface area contributed by atoms with Crippen molar-refractivity contribution >= 4 is 39.8 Å². The molecule has 1 heterocycles. The van der Waals surface area contributed by atoms with Crippen LogP contribution in [0.3, 0.4) is 0 Å². The molecular formula is C27H34FN3O7S2. The fraction of sp³-hybridized carbons (Fsp3) is 0.444. The lowest BCUT2D eigenvalue weighted by Crippen LogP contribution is -2.57. The molecule has 2 aromatic rings. The summed E-state index contributed by atoms with van der Waals surface area (Å²) in [6, 6.07) is 8.65. The SMILES string of the molecule is CN(C)C(=O)Oc1ccc(C[C@H](NC(=O)[C@@H]2CSCCN2S(=O)(=O)c2ccc(F)cc2)C(=O)OC(C)(C)C)cc1. The smallest absolute Gasteiger partial charge is 0.414 e. The molecule has 10 nitrogen and oxygen atoms in total. The first kappa shape index (κ1) is 31.4. The van der Waals surface area contributed by atoms with E-state index in [-0.39, 0.29) is 23.6 Å². The van der Waals surface area contributed by atoms with E-state index < -0.39 is 51.5 Å². The molecule has 0 bridgehead atoms. The summed E-state index contributed by atoms with van der Waals surface area (Å²) in [6.07, 6.45) is -0.496. The molecule has 218 valence electrons. The second-order valence-electron chi connectivity index (χ2n) is 10.4. The van der Waals surface area contributed by atoms with Crippen molar-refractivity contribution in [3.05, 3.63) is 59.9 Å². The third-order valence-corrected chi connectivity index (χ3v) is 8.69. The van der Waals surface area contributed by atoms with Gasteiger partial charge in [0.15, 0.2) is 0 Å². The average molecular weight is 596 g/mol. The van der Waals surface area contributed by atoms with Gasteiger partial charge in [0, 0.05) is 38.6 Å². The summed E-state index contributed by atoms with van der Waals surface area (Å²) in [5.41, 5.74) is -0.183. The van der Waals surface area contributed by atoms with Gasteiger partial charge in [-0.3, -0.25) is 4.79 Å². The van der Waals surface area contributed by atoms with Gasteiger partial charge in [-0.1, -0.05) is 12.1 Å². The van der Waals surface area contributed by atoms with E-state index in [1.807, 2.05) is 0 Å². The molecule has 0 unspecified atom stereocenters. The summed E-state index contributed by atoms with van der Waals surface area (Å²) < 4.78 is 51.9. The molecule has 2 atom stereocenters. The first-order valence-corrected chi connectivity index (χ1v) is 15.1. The number of esters is 1. The maximum Gasteiger partial charge on any atom is 0.414 e. The Labute approximate surface area is 238 Å². The number of hydrogen-bond acceptors (Lipinski definition) is 8. The van der Waals surface area contributed by atoms with Gasteiger partial charge in [0.25, 0.3) is 0 Å². The van der Waals surface area contributed by atoms with Crippen LogP contribution in [0.15, 0.2) is 53.4 Å². The number of carbonyl (C=O) groups is 3. The van der Waals surface area contributed by atoms with Gasteiger partial charge in [-0.15, -0.1) is 0 Å². The molecule has 13 heteroatoms. The second-order valence-corrected chi connectivity index (χ2v) is 13.4. The van der Waals surface area contributed by atoms with Crippen molar-refractivity contribution in [3.63, 3.8) is 0 Å². The molecule has 0 aliphatic carbocycles. The summed E-state index contributed by atoms with van der Waals surface area (Å²) in [7, 11) is -0.992. The van der Waals surface area contributed by atoms with Gasteiger partial charge >= 0.3 is 12.1 Å². The molecule has 0 radical (unpaired) electrons. The minimum Gasteiger partial charge on any atom is -0.458 e. The monoisotopic (exact) mass is 595 g/mol.